The molecule has 0 saturated carbocycles. The fourth-order valence-corrected chi connectivity index (χ4v) is 1.75. The second-order valence-electron chi connectivity index (χ2n) is 4.08. The molecule has 0 fully saturated rings. The molecule has 0 spiro atoms. The first kappa shape index (κ1) is 13.1. The van der Waals surface area contributed by atoms with Crippen LogP contribution in [0.5, 0.6) is 11.6 Å². The lowest BCUT2D eigenvalue weighted by molar-refractivity contribution is 0.312. The molecule has 2 aromatic heterocycles. The van der Waals surface area contributed by atoms with Gasteiger partial charge in [-0.05, 0) is 41.5 Å². The molecular formula is C13H13N5O3. The third-order valence-electron chi connectivity index (χ3n) is 2.72. The zero-order valence-corrected chi connectivity index (χ0v) is 11.5. The van der Waals surface area contributed by atoms with Crippen molar-refractivity contribution in [2.45, 2.75) is 6.92 Å². The van der Waals surface area contributed by atoms with Gasteiger partial charge in [0, 0.05) is 5.69 Å². The van der Waals surface area contributed by atoms with E-state index in [0.717, 1.165) is 11.4 Å². The van der Waals surface area contributed by atoms with Crippen LogP contribution in [-0.4, -0.2) is 34.0 Å². The molecule has 21 heavy (non-hydrogen) atoms. The average molecular weight is 287 g/mol. The van der Waals surface area contributed by atoms with Gasteiger partial charge in [-0.25, -0.2) is 4.63 Å². The molecule has 0 aliphatic heterocycles. The zero-order chi connectivity index (χ0) is 14.7. The number of aromatic nitrogens is 4. The van der Waals surface area contributed by atoms with E-state index in [1.807, 2.05) is 31.2 Å². The van der Waals surface area contributed by atoms with Gasteiger partial charge < -0.3 is 14.8 Å². The molecule has 0 unspecified atom stereocenters. The largest absolute Gasteiger partial charge is 0.497 e. The Kier molecular flexibility index (Phi) is 3.50. The fraction of sp³-hybridized carbons (Fsp3) is 0.231. The van der Waals surface area contributed by atoms with Gasteiger partial charge in [0.15, 0.2) is 5.82 Å². The smallest absolute Gasteiger partial charge is 0.260 e. The van der Waals surface area contributed by atoms with E-state index in [1.54, 1.807) is 7.11 Å². The first-order valence-corrected chi connectivity index (χ1v) is 6.34. The lowest BCUT2D eigenvalue weighted by atomic mass is 10.3. The molecular weight excluding hydrogens is 274 g/mol. The number of benzene rings is 1. The minimum atomic E-state index is 0.304. The van der Waals surface area contributed by atoms with Crippen molar-refractivity contribution in [3.8, 4) is 11.6 Å². The summed E-state index contributed by atoms with van der Waals surface area (Å²) in [6.45, 7) is 2.33. The van der Waals surface area contributed by atoms with Gasteiger partial charge in [-0.15, -0.1) is 0 Å². The highest BCUT2D eigenvalue weighted by atomic mass is 16.6. The molecule has 0 aliphatic carbocycles. The van der Waals surface area contributed by atoms with Crippen LogP contribution in [0.25, 0.3) is 11.3 Å². The predicted octanol–water partition coefficient (Wildman–Crippen LogP) is 2.16. The molecule has 0 saturated heterocycles. The molecule has 1 N–H and O–H groups in total. The van der Waals surface area contributed by atoms with E-state index >= 15 is 0 Å². The summed E-state index contributed by atoms with van der Waals surface area (Å²) in [5, 5.41) is 10.4. The molecule has 0 aliphatic rings. The van der Waals surface area contributed by atoms with Gasteiger partial charge >= 0.3 is 0 Å². The number of hydrogen-bond acceptors (Lipinski definition) is 8. The van der Waals surface area contributed by atoms with Gasteiger partial charge in [0.05, 0.1) is 13.7 Å². The van der Waals surface area contributed by atoms with E-state index in [0.29, 0.717) is 29.6 Å². The zero-order valence-electron chi connectivity index (χ0n) is 11.5. The Balaban J connectivity index is 1.94. The number of fused-ring (bicyclic) bond motifs is 1. The minimum Gasteiger partial charge on any atom is -0.497 e. The van der Waals surface area contributed by atoms with Crippen LogP contribution in [0.1, 0.15) is 6.92 Å². The minimum absolute atomic E-state index is 0.304. The first-order valence-electron chi connectivity index (χ1n) is 6.34. The Hall–Kier alpha value is -2.90. The van der Waals surface area contributed by atoms with Crippen LogP contribution in [0.2, 0.25) is 0 Å². The Labute approximate surface area is 120 Å². The fourth-order valence-electron chi connectivity index (χ4n) is 1.75. The second-order valence-corrected chi connectivity index (χ2v) is 4.08. The van der Waals surface area contributed by atoms with Crippen LogP contribution in [-0.2, 0) is 0 Å². The number of anilines is 2. The topological polar surface area (TPSA) is 95.2 Å². The van der Waals surface area contributed by atoms with Gasteiger partial charge in [0.2, 0.25) is 11.3 Å². The van der Waals surface area contributed by atoms with E-state index in [9.17, 15) is 0 Å². The van der Waals surface area contributed by atoms with E-state index in [2.05, 4.69) is 30.2 Å². The first-order chi connectivity index (χ1) is 10.3. The van der Waals surface area contributed by atoms with Crippen LogP contribution in [0, 0.1) is 0 Å². The molecule has 8 heteroatoms. The Morgan fingerprint density at radius 2 is 1.81 bits per heavy atom. The van der Waals surface area contributed by atoms with Crippen molar-refractivity contribution >= 4 is 22.8 Å². The van der Waals surface area contributed by atoms with E-state index in [1.165, 1.54) is 0 Å². The van der Waals surface area contributed by atoms with Crippen molar-refractivity contribution in [2.75, 3.05) is 19.0 Å². The van der Waals surface area contributed by atoms with Gasteiger partial charge in [-0.2, -0.15) is 9.97 Å². The summed E-state index contributed by atoms with van der Waals surface area (Å²) in [5.74, 6) is 1.56. The third-order valence-corrected chi connectivity index (χ3v) is 2.72. The Bertz CT molecular complexity index is 741. The average Bonchev–Trinajstić information content (AvgIpc) is 2.96. The third kappa shape index (κ3) is 2.69. The molecule has 3 rings (SSSR count). The summed E-state index contributed by atoms with van der Waals surface area (Å²) in [6.07, 6.45) is 0. The van der Waals surface area contributed by atoms with Crippen molar-refractivity contribution in [1.82, 2.24) is 20.3 Å². The number of methoxy groups -OCH3 is 1. The lowest BCUT2D eigenvalue weighted by Crippen LogP contribution is -2.03. The molecule has 0 atom stereocenters. The van der Waals surface area contributed by atoms with E-state index in [-0.39, 0.29) is 0 Å². The predicted molar refractivity (Wildman–Crippen MR) is 74.8 cm³/mol. The number of ether oxygens (including phenoxy) is 2. The number of nitrogens with one attached hydrogen (secondary N) is 1. The number of nitrogens with zero attached hydrogens (tertiary/aromatic N) is 4. The van der Waals surface area contributed by atoms with E-state index in [4.69, 9.17) is 9.47 Å². The standard InChI is InChI=1S/C13H13N5O3/c1-3-20-13-12(15-10-11(16-13)18-21-17-10)14-8-4-6-9(19-2)7-5-8/h4-7H,3H2,1-2H3,(H,14,15,17). The summed E-state index contributed by atoms with van der Waals surface area (Å²) < 4.78 is 15.2. The normalized spacial score (nSPS) is 10.6. The van der Waals surface area contributed by atoms with Crippen molar-refractivity contribution in [2.24, 2.45) is 0 Å². The van der Waals surface area contributed by atoms with Crippen LogP contribution < -0.4 is 14.8 Å². The monoisotopic (exact) mass is 287 g/mol. The lowest BCUT2D eigenvalue weighted by Gasteiger charge is -2.10. The highest BCUT2D eigenvalue weighted by molar-refractivity contribution is 5.71. The summed E-state index contributed by atoms with van der Waals surface area (Å²) >= 11 is 0. The second kappa shape index (κ2) is 5.61. The van der Waals surface area contributed by atoms with Crippen molar-refractivity contribution in [3.05, 3.63) is 24.3 Å². The summed E-state index contributed by atoms with van der Waals surface area (Å²) in [7, 11) is 1.62. The Morgan fingerprint density at radius 3 is 2.48 bits per heavy atom. The summed E-state index contributed by atoms with van der Waals surface area (Å²) in [4.78, 5) is 8.51. The number of hydrogen-bond donors (Lipinski definition) is 1. The summed E-state index contributed by atoms with van der Waals surface area (Å²) in [6, 6.07) is 7.40. The molecule has 2 heterocycles. The Morgan fingerprint density at radius 1 is 1.10 bits per heavy atom. The molecule has 0 amide bonds. The molecule has 108 valence electrons. The van der Waals surface area contributed by atoms with Gasteiger partial charge in [-0.3, -0.25) is 0 Å². The van der Waals surface area contributed by atoms with Crippen molar-refractivity contribution < 1.29 is 14.1 Å². The molecule has 0 bridgehead atoms. The quantitative estimate of drug-likeness (QED) is 0.762. The maximum absolute atomic E-state index is 5.46. The van der Waals surface area contributed by atoms with Crippen LogP contribution >= 0.6 is 0 Å². The van der Waals surface area contributed by atoms with Gasteiger partial charge in [-0.1, -0.05) is 0 Å². The molecule has 3 aromatic rings. The van der Waals surface area contributed by atoms with Crippen molar-refractivity contribution in [1.29, 1.82) is 0 Å². The maximum atomic E-state index is 5.46. The SMILES string of the molecule is CCOc1nc2nonc2nc1Nc1ccc(OC)cc1. The van der Waals surface area contributed by atoms with Crippen molar-refractivity contribution in [3.63, 3.8) is 0 Å². The van der Waals surface area contributed by atoms with E-state index < -0.39 is 0 Å². The summed E-state index contributed by atoms with van der Waals surface area (Å²) in [5.41, 5.74) is 1.44. The molecule has 1 aromatic carbocycles. The maximum Gasteiger partial charge on any atom is 0.260 e. The van der Waals surface area contributed by atoms with Crippen LogP contribution in [0.4, 0.5) is 11.5 Å². The number of rotatable bonds is 5. The van der Waals surface area contributed by atoms with Gasteiger partial charge in [0.25, 0.3) is 5.88 Å². The van der Waals surface area contributed by atoms with Crippen LogP contribution in [0.3, 0.4) is 0 Å². The van der Waals surface area contributed by atoms with Gasteiger partial charge in [0.1, 0.15) is 5.75 Å². The molecule has 0 radical (unpaired) electrons. The van der Waals surface area contributed by atoms with Crippen LogP contribution in [0.15, 0.2) is 28.9 Å². The molecule has 8 nitrogen and oxygen atoms in total. The highest BCUT2D eigenvalue weighted by Gasteiger charge is 2.13. The highest BCUT2D eigenvalue weighted by Crippen LogP contribution is 2.26.